The minimum Gasteiger partial charge on any atom is -0.481 e. The van der Waals surface area contributed by atoms with Crippen LogP contribution in [0.1, 0.15) is 46.0 Å². The molecule has 0 saturated carbocycles. The first-order valence-electron chi connectivity index (χ1n) is 7.82. The van der Waals surface area contributed by atoms with Gasteiger partial charge >= 0.3 is 5.97 Å². The van der Waals surface area contributed by atoms with Gasteiger partial charge in [-0.25, -0.2) is 0 Å². The van der Waals surface area contributed by atoms with Gasteiger partial charge in [0.1, 0.15) is 0 Å². The van der Waals surface area contributed by atoms with Crippen molar-refractivity contribution >= 4 is 16.2 Å². The molecule has 0 unspecified atom stereocenters. The fraction of sp³-hybridized carbons (Fsp3) is 0.929. The third kappa shape index (κ3) is 3.24. The molecule has 0 spiro atoms. The van der Waals surface area contributed by atoms with Crippen molar-refractivity contribution in [2.75, 3.05) is 26.2 Å². The third-order valence-corrected chi connectivity index (χ3v) is 7.34. The Morgan fingerprint density at radius 2 is 1.71 bits per heavy atom. The third-order valence-electron chi connectivity index (χ3n) is 5.36. The van der Waals surface area contributed by atoms with Gasteiger partial charge in [-0.1, -0.05) is 13.8 Å². The zero-order valence-electron chi connectivity index (χ0n) is 12.9. The van der Waals surface area contributed by atoms with Crippen LogP contribution >= 0.6 is 0 Å². The summed E-state index contributed by atoms with van der Waals surface area (Å²) in [6.07, 6.45) is 3.74. The summed E-state index contributed by atoms with van der Waals surface area (Å²) in [5, 5.41) is 8.99. The number of rotatable bonds is 5. The molecule has 7 heteroatoms. The zero-order valence-corrected chi connectivity index (χ0v) is 13.7. The lowest BCUT2D eigenvalue weighted by Gasteiger charge is -2.33. The van der Waals surface area contributed by atoms with Crippen molar-refractivity contribution in [2.45, 2.75) is 46.0 Å². The second-order valence-corrected chi connectivity index (χ2v) is 8.24. The Morgan fingerprint density at radius 1 is 1.14 bits per heavy atom. The van der Waals surface area contributed by atoms with Gasteiger partial charge in [-0.3, -0.25) is 4.79 Å². The Bertz CT molecular complexity index is 479. The lowest BCUT2D eigenvalue weighted by molar-refractivity contribution is -0.142. The van der Waals surface area contributed by atoms with E-state index in [-0.39, 0.29) is 5.41 Å². The average Bonchev–Trinajstić information content (AvgIpc) is 2.93. The number of carboxylic acid groups (broad SMARTS) is 1. The lowest BCUT2D eigenvalue weighted by Crippen LogP contribution is -2.47. The van der Waals surface area contributed by atoms with E-state index in [1.54, 1.807) is 4.31 Å². The highest BCUT2D eigenvalue weighted by molar-refractivity contribution is 7.86. The predicted molar refractivity (Wildman–Crippen MR) is 80.1 cm³/mol. The maximum absolute atomic E-state index is 12.7. The van der Waals surface area contributed by atoms with Gasteiger partial charge < -0.3 is 5.11 Å². The Hall–Kier alpha value is -0.660. The van der Waals surface area contributed by atoms with Gasteiger partial charge in [0.15, 0.2) is 0 Å². The first kappa shape index (κ1) is 16.7. The monoisotopic (exact) mass is 318 g/mol. The first-order chi connectivity index (χ1) is 9.84. The highest BCUT2D eigenvalue weighted by atomic mass is 32.2. The molecule has 0 aromatic carbocycles. The molecule has 6 nitrogen and oxygen atoms in total. The van der Waals surface area contributed by atoms with Gasteiger partial charge in [0.25, 0.3) is 10.2 Å². The van der Waals surface area contributed by atoms with Crippen LogP contribution in [0.5, 0.6) is 0 Å². The molecule has 2 aliphatic rings. The molecule has 2 rings (SSSR count). The number of hydrogen-bond donors (Lipinski definition) is 1. The van der Waals surface area contributed by atoms with E-state index in [1.807, 2.05) is 0 Å². The molecular formula is C14H26N2O4S. The van der Waals surface area contributed by atoms with Crippen LogP contribution in [-0.4, -0.2) is 54.3 Å². The summed E-state index contributed by atoms with van der Waals surface area (Å²) in [7, 11) is -3.43. The van der Waals surface area contributed by atoms with E-state index in [4.69, 9.17) is 5.11 Å². The summed E-state index contributed by atoms with van der Waals surface area (Å²) in [4.78, 5) is 11.0. The molecule has 0 radical (unpaired) electrons. The standard InChI is InChI=1S/C14H26N2O4S/c1-3-14(4-2)7-10-16(11-14)21(19,20)15-8-5-12(6-9-15)13(17)18/h12H,3-11H2,1-2H3,(H,17,18). The van der Waals surface area contributed by atoms with Crippen molar-refractivity contribution < 1.29 is 18.3 Å². The van der Waals surface area contributed by atoms with Crippen LogP contribution in [0, 0.1) is 11.3 Å². The van der Waals surface area contributed by atoms with Crippen molar-refractivity contribution in [3.8, 4) is 0 Å². The molecule has 2 heterocycles. The molecule has 2 aliphatic heterocycles. The van der Waals surface area contributed by atoms with Gasteiger partial charge in [0.2, 0.25) is 0 Å². The van der Waals surface area contributed by atoms with E-state index in [0.29, 0.717) is 39.0 Å². The second kappa shape index (κ2) is 6.22. The van der Waals surface area contributed by atoms with Crippen LogP contribution in [-0.2, 0) is 15.0 Å². The largest absolute Gasteiger partial charge is 0.481 e. The maximum Gasteiger partial charge on any atom is 0.306 e. The smallest absolute Gasteiger partial charge is 0.306 e. The van der Waals surface area contributed by atoms with Gasteiger partial charge in [0, 0.05) is 26.2 Å². The number of aliphatic carboxylic acids is 1. The summed E-state index contributed by atoms with van der Waals surface area (Å²) in [5.41, 5.74) is 0.118. The normalized spacial score (nSPS) is 25.2. The molecule has 0 atom stereocenters. The SMILES string of the molecule is CCC1(CC)CCN(S(=O)(=O)N2CCC(C(=O)O)CC2)C1. The molecule has 2 fully saturated rings. The van der Waals surface area contributed by atoms with Crippen LogP contribution in [0.15, 0.2) is 0 Å². The molecule has 2 saturated heterocycles. The topological polar surface area (TPSA) is 77.9 Å². The first-order valence-corrected chi connectivity index (χ1v) is 9.22. The van der Waals surface area contributed by atoms with Gasteiger partial charge in [0.05, 0.1) is 5.92 Å². The van der Waals surface area contributed by atoms with Crippen LogP contribution in [0.3, 0.4) is 0 Å². The average molecular weight is 318 g/mol. The summed E-state index contributed by atoms with van der Waals surface area (Å²) in [5.74, 6) is -1.22. The number of nitrogens with zero attached hydrogens (tertiary/aromatic N) is 2. The summed E-state index contributed by atoms with van der Waals surface area (Å²) in [6, 6.07) is 0. The zero-order chi connectivity index (χ0) is 15.7. The Kier molecular flexibility index (Phi) is 4.95. The Labute approximate surface area is 127 Å². The minimum absolute atomic E-state index is 0.118. The van der Waals surface area contributed by atoms with Gasteiger partial charge in [-0.05, 0) is 37.5 Å². The summed E-state index contributed by atoms with van der Waals surface area (Å²) >= 11 is 0. The van der Waals surface area contributed by atoms with Crippen molar-refractivity contribution in [2.24, 2.45) is 11.3 Å². The Morgan fingerprint density at radius 3 is 2.14 bits per heavy atom. The molecule has 1 N–H and O–H groups in total. The number of carbonyl (C=O) groups is 1. The van der Waals surface area contributed by atoms with Crippen LogP contribution in [0.25, 0.3) is 0 Å². The van der Waals surface area contributed by atoms with E-state index < -0.39 is 22.1 Å². The minimum atomic E-state index is -3.43. The van der Waals surface area contributed by atoms with Gasteiger partial charge in [-0.15, -0.1) is 0 Å². The fourth-order valence-corrected chi connectivity index (χ4v) is 5.17. The number of carboxylic acids is 1. The van der Waals surface area contributed by atoms with E-state index in [0.717, 1.165) is 19.3 Å². The van der Waals surface area contributed by atoms with Gasteiger partial charge in [-0.2, -0.15) is 17.0 Å². The highest BCUT2D eigenvalue weighted by Crippen LogP contribution is 2.39. The molecule has 0 aromatic rings. The molecule has 21 heavy (non-hydrogen) atoms. The quantitative estimate of drug-likeness (QED) is 0.834. The van der Waals surface area contributed by atoms with E-state index in [2.05, 4.69) is 13.8 Å². The lowest BCUT2D eigenvalue weighted by atomic mass is 9.82. The number of hydrogen-bond acceptors (Lipinski definition) is 3. The number of piperidine rings is 1. The van der Waals surface area contributed by atoms with Crippen molar-refractivity contribution in [1.82, 2.24) is 8.61 Å². The van der Waals surface area contributed by atoms with E-state index in [1.165, 1.54) is 4.31 Å². The van der Waals surface area contributed by atoms with Crippen LogP contribution in [0.2, 0.25) is 0 Å². The molecule has 0 bridgehead atoms. The predicted octanol–water partition coefficient (Wildman–Crippen LogP) is 1.54. The van der Waals surface area contributed by atoms with Crippen molar-refractivity contribution in [1.29, 1.82) is 0 Å². The summed E-state index contributed by atoms with van der Waals surface area (Å²) in [6.45, 7) is 6.07. The summed E-state index contributed by atoms with van der Waals surface area (Å²) < 4.78 is 28.4. The van der Waals surface area contributed by atoms with Crippen molar-refractivity contribution in [3.63, 3.8) is 0 Å². The van der Waals surface area contributed by atoms with E-state index >= 15 is 0 Å². The van der Waals surface area contributed by atoms with Crippen LogP contribution < -0.4 is 0 Å². The Balaban J connectivity index is 2.02. The molecule has 122 valence electrons. The maximum atomic E-state index is 12.7. The molecular weight excluding hydrogens is 292 g/mol. The fourth-order valence-electron chi connectivity index (χ4n) is 3.41. The molecule has 0 amide bonds. The van der Waals surface area contributed by atoms with Crippen LogP contribution in [0.4, 0.5) is 0 Å². The molecule has 0 aromatic heterocycles. The second-order valence-electron chi connectivity index (χ2n) is 6.31. The van der Waals surface area contributed by atoms with Crippen molar-refractivity contribution in [3.05, 3.63) is 0 Å². The highest BCUT2D eigenvalue weighted by Gasteiger charge is 2.43. The van der Waals surface area contributed by atoms with E-state index in [9.17, 15) is 13.2 Å². The molecule has 0 aliphatic carbocycles.